The van der Waals surface area contributed by atoms with Gasteiger partial charge in [-0.25, -0.2) is 8.78 Å². The van der Waals surface area contributed by atoms with Crippen LogP contribution in [0.1, 0.15) is 0 Å². The molecule has 1 atom stereocenters. The zero-order valence-electron chi connectivity index (χ0n) is 12.0. The Balaban J connectivity index is 2.07. The molecular formula is C13H16F5N5. The van der Waals surface area contributed by atoms with Crippen molar-refractivity contribution in [2.75, 3.05) is 26.2 Å². The predicted octanol–water partition coefficient (Wildman–Crippen LogP) is 1.78. The summed E-state index contributed by atoms with van der Waals surface area (Å²) in [5.74, 6) is -4.60. The van der Waals surface area contributed by atoms with Crippen molar-refractivity contribution >= 4 is 11.7 Å². The third-order valence-electron chi connectivity index (χ3n) is 3.89. The maximum atomic E-state index is 13.2. The summed E-state index contributed by atoms with van der Waals surface area (Å²) >= 11 is 0. The number of amidine groups is 2. The Bertz CT molecular complexity index is 550. The van der Waals surface area contributed by atoms with E-state index in [2.05, 4.69) is 0 Å². The average Bonchev–Trinajstić information content (AvgIpc) is 2.77. The highest BCUT2D eigenvalue weighted by molar-refractivity contribution is 6.01. The van der Waals surface area contributed by atoms with Crippen LogP contribution in [-0.2, 0) is 0 Å². The van der Waals surface area contributed by atoms with Gasteiger partial charge in [0.05, 0.1) is 6.54 Å². The maximum Gasteiger partial charge on any atom is 0.449 e. The zero-order chi connectivity index (χ0) is 17.4. The van der Waals surface area contributed by atoms with Crippen molar-refractivity contribution in [1.82, 2.24) is 9.80 Å². The summed E-state index contributed by atoms with van der Waals surface area (Å²) in [4.78, 5) is 2.18. The van der Waals surface area contributed by atoms with Crippen molar-refractivity contribution in [3.63, 3.8) is 0 Å². The van der Waals surface area contributed by atoms with Gasteiger partial charge in [0.1, 0.15) is 5.84 Å². The van der Waals surface area contributed by atoms with E-state index in [-0.39, 0.29) is 26.2 Å². The van der Waals surface area contributed by atoms with Crippen LogP contribution >= 0.6 is 0 Å². The van der Waals surface area contributed by atoms with Crippen LogP contribution in [0.15, 0.2) is 23.8 Å². The summed E-state index contributed by atoms with van der Waals surface area (Å²) in [5, 5.41) is 14.8. The smallest absolute Gasteiger partial charge is 0.329 e. The van der Waals surface area contributed by atoms with E-state index in [1.807, 2.05) is 0 Å². The minimum Gasteiger partial charge on any atom is -0.329 e. The number of nitrogens with two attached hydrogens (primary N) is 1. The molecule has 2 aliphatic rings. The second kappa shape index (κ2) is 6.36. The average molecular weight is 337 g/mol. The van der Waals surface area contributed by atoms with Crippen molar-refractivity contribution in [3.05, 3.63) is 23.8 Å². The van der Waals surface area contributed by atoms with Crippen LogP contribution in [0, 0.1) is 16.7 Å². The SMILES string of the molecule is N=C1CN([C@H](CN)C2C=C(F)C(F)=C2)CCN1C(=N)C(F)(F)F. The molecule has 1 fully saturated rings. The van der Waals surface area contributed by atoms with Crippen LogP contribution in [-0.4, -0.2) is 59.9 Å². The van der Waals surface area contributed by atoms with Crippen LogP contribution in [0.25, 0.3) is 0 Å². The van der Waals surface area contributed by atoms with E-state index in [1.54, 1.807) is 4.90 Å². The van der Waals surface area contributed by atoms with Gasteiger partial charge in [0.15, 0.2) is 11.7 Å². The lowest BCUT2D eigenvalue weighted by Crippen LogP contribution is -2.59. The zero-order valence-corrected chi connectivity index (χ0v) is 12.0. The van der Waals surface area contributed by atoms with Gasteiger partial charge >= 0.3 is 6.18 Å². The lowest BCUT2D eigenvalue weighted by molar-refractivity contribution is -0.0678. The van der Waals surface area contributed by atoms with Gasteiger partial charge in [0.2, 0.25) is 5.84 Å². The Morgan fingerprint density at radius 2 is 1.83 bits per heavy atom. The molecule has 1 heterocycles. The topological polar surface area (TPSA) is 80.2 Å². The predicted molar refractivity (Wildman–Crippen MR) is 74.5 cm³/mol. The van der Waals surface area contributed by atoms with Crippen LogP contribution in [0.3, 0.4) is 0 Å². The first-order chi connectivity index (χ1) is 10.6. The van der Waals surface area contributed by atoms with Gasteiger partial charge in [0.25, 0.3) is 0 Å². The van der Waals surface area contributed by atoms with Crippen LogP contribution in [0.2, 0.25) is 0 Å². The van der Waals surface area contributed by atoms with Gasteiger partial charge in [0, 0.05) is 31.6 Å². The Labute approximate surface area is 129 Å². The molecule has 128 valence electrons. The van der Waals surface area contributed by atoms with E-state index in [4.69, 9.17) is 16.6 Å². The first kappa shape index (κ1) is 17.5. The largest absolute Gasteiger partial charge is 0.449 e. The molecule has 0 aromatic carbocycles. The van der Waals surface area contributed by atoms with Crippen molar-refractivity contribution < 1.29 is 22.0 Å². The Morgan fingerprint density at radius 1 is 1.26 bits per heavy atom. The molecule has 0 aromatic rings. The number of hydrogen-bond donors (Lipinski definition) is 3. The number of hydrogen-bond acceptors (Lipinski definition) is 4. The number of allylic oxidation sites excluding steroid dienone is 2. The first-order valence-electron chi connectivity index (χ1n) is 6.85. The summed E-state index contributed by atoms with van der Waals surface area (Å²) in [6, 6.07) is -0.531. The molecule has 0 radical (unpaired) electrons. The van der Waals surface area contributed by atoms with Crippen LogP contribution in [0.4, 0.5) is 22.0 Å². The maximum absolute atomic E-state index is 13.2. The van der Waals surface area contributed by atoms with E-state index in [0.717, 1.165) is 12.2 Å². The van der Waals surface area contributed by atoms with Crippen molar-refractivity contribution in [2.45, 2.75) is 12.2 Å². The molecule has 23 heavy (non-hydrogen) atoms. The van der Waals surface area contributed by atoms with E-state index in [9.17, 15) is 22.0 Å². The van der Waals surface area contributed by atoms with Gasteiger partial charge in [-0.1, -0.05) is 0 Å². The third kappa shape index (κ3) is 3.58. The molecule has 0 unspecified atom stereocenters. The third-order valence-corrected chi connectivity index (χ3v) is 3.89. The minimum absolute atomic E-state index is 0.0300. The highest BCUT2D eigenvalue weighted by atomic mass is 19.4. The summed E-state index contributed by atoms with van der Waals surface area (Å²) in [5.41, 5.74) is 5.63. The van der Waals surface area contributed by atoms with Gasteiger partial charge in [-0.3, -0.25) is 15.7 Å². The summed E-state index contributed by atoms with van der Waals surface area (Å²) in [7, 11) is 0. The molecule has 1 aliphatic heterocycles. The van der Waals surface area contributed by atoms with Crippen molar-refractivity contribution in [3.8, 4) is 0 Å². The Morgan fingerprint density at radius 3 is 2.26 bits per heavy atom. The molecule has 0 amide bonds. The number of nitrogens with one attached hydrogen (secondary N) is 2. The molecule has 0 saturated carbocycles. The second-order valence-electron chi connectivity index (χ2n) is 5.32. The van der Waals surface area contributed by atoms with Crippen LogP contribution in [0.5, 0.6) is 0 Å². The summed E-state index contributed by atoms with van der Waals surface area (Å²) in [6.45, 7) is -0.257. The monoisotopic (exact) mass is 337 g/mol. The van der Waals surface area contributed by atoms with E-state index in [1.165, 1.54) is 0 Å². The van der Waals surface area contributed by atoms with E-state index in [0.29, 0.717) is 4.90 Å². The first-order valence-corrected chi connectivity index (χ1v) is 6.85. The highest BCUT2D eigenvalue weighted by Crippen LogP contribution is 2.30. The van der Waals surface area contributed by atoms with Gasteiger partial charge in [-0.05, 0) is 12.2 Å². The number of nitrogens with zero attached hydrogens (tertiary/aromatic N) is 2. The number of halogens is 5. The van der Waals surface area contributed by atoms with Gasteiger partial charge in [-0.15, -0.1) is 0 Å². The molecule has 5 nitrogen and oxygen atoms in total. The van der Waals surface area contributed by atoms with Crippen LogP contribution < -0.4 is 5.73 Å². The standard InChI is InChI=1S/C13H16F5N5/c14-8-3-7(4-9(8)15)10(5-19)22-1-2-23(11(20)6-22)12(21)13(16,17)18/h3-4,7,10,20-21H,1-2,5-6,19H2/t10-/m1/s1. The molecule has 0 spiro atoms. The van der Waals surface area contributed by atoms with Crippen molar-refractivity contribution in [2.24, 2.45) is 11.7 Å². The normalized spacial score (nSPS) is 22.2. The summed E-state index contributed by atoms with van der Waals surface area (Å²) < 4.78 is 64.0. The quantitative estimate of drug-likeness (QED) is 0.417. The molecule has 4 N–H and O–H groups in total. The Hall–Kier alpha value is -1.81. The molecule has 2 rings (SSSR count). The molecule has 1 aliphatic carbocycles. The van der Waals surface area contributed by atoms with E-state index >= 15 is 0 Å². The molecular weight excluding hydrogens is 321 g/mol. The lowest BCUT2D eigenvalue weighted by Gasteiger charge is -2.41. The van der Waals surface area contributed by atoms with Gasteiger partial charge < -0.3 is 10.6 Å². The molecule has 10 heteroatoms. The summed E-state index contributed by atoms with van der Waals surface area (Å²) in [6.07, 6.45) is -2.69. The minimum atomic E-state index is -4.83. The highest BCUT2D eigenvalue weighted by Gasteiger charge is 2.42. The number of rotatable bonds is 3. The van der Waals surface area contributed by atoms with Gasteiger partial charge in [-0.2, -0.15) is 13.2 Å². The molecule has 0 bridgehead atoms. The fourth-order valence-corrected chi connectivity index (χ4v) is 2.72. The molecule has 0 aromatic heterocycles. The lowest BCUT2D eigenvalue weighted by atomic mass is 9.99. The fraction of sp³-hybridized carbons (Fsp3) is 0.538. The molecule has 1 saturated heterocycles. The number of piperazine rings is 1. The number of alkyl halides is 3. The second-order valence-corrected chi connectivity index (χ2v) is 5.32. The van der Waals surface area contributed by atoms with E-state index < -0.39 is 41.5 Å². The fourth-order valence-electron chi connectivity index (χ4n) is 2.72. The van der Waals surface area contributed by atoms with Crippen molar-refractivity contribution in [1.29, 1.82) is 10.8 Å². The Kier molecular flexibility index (Phi) is 4.85.